The molecule has 0 aromatic carbocycles. The van der Waals surface area contributed by atoms with E-state index in [0.29, 0.717) is 6.54 Å². The monoisotopic (exact) mass is 239 g/mol. The Morgan fingerprint density at radius 1 is 1.47 bits per heavy atom. The van der Waals surface area contributed by atoms with E-state index in [4.69, 9.17) is 4.74 Å². The normalized spacial score (nSPS) is 10.8. The van der Waals surface area contributed by atoms with Crippen LogP contribution in [-0.4, -0.2) is 34.7 Å². The third-order valence-electron chi connectivity index (χ3n) is 2.22. The van der Waals surface area contributed by atoms with Crippen molar-refractivity contribution in [2.24, 2.45) is 0 Å². The second kappa shape index (κ2) is 7.84. The summed E-state index contributed by atoms with van der Waals surface area (Å²) >= 11 is 0. The van der Waals surface area contributed by atoms with E-state index < -0.39 is 0 Å². The highest BCUT2D eigenvalue weighted by Crippen LogP contribution is 1.94. The van der Waals surface area contributed by atoms with Crippen molar-refractivity contribution >= 4 is 5.97 Å². The van der Waals surface area contributed by atoms with Crippen molar-refractivity contribution in [3.05, 3.63) is 18.7 Å². The maximum Gasteiger partial charge on any atom is 0.320 e. The van der Waals surface area contributed by atoms with E-state index in [-0.39, 0.29) is 12.1 Å². The number of imidazole rings is 1. The summed E-state index contributed by atoms with van der Waals surface area (Å²) in [5, 5.41) is 3.07. The highest BCUT2D eigenvalue weighted by molar-refractivity contribution is 5.71. The Morgan fingerprint density at radius 2 is 2.29 bits per heavy atom. The maximum atomic E-state index is 11.2. The molecule has 0 fully saturated rings. The molecule has 1 aromatic rings. The number of hydrogen-bond acceptors (Lipinski definition) is 4. The van der Waals surface area contributed by atoms with Gasteiger partial charge in [0.25, 0.3) is 0 Å². The van der Waals surface area contributed by atoms with Gasteiger partial charge >= 0.3 is 5.97 Å². The van der Waals surface area contributed by atoms with Gasteiger partial charge in [-0.15, -0.1) is 0 Å². The smallest absolute Gasteiger partial charge is 0.320 e. The molecule has 0 amide bonds. The quantitative estimate of drug-likeness (QED) is 0.547. The first kappa shape index (κ1) is 13.7. The molecule has 0 saturated heterocycles. The molecule has 1 rings (SSSR count). The van der Waals surface area contributed by atoms with Crippen LogP contribution in [0.4, 0.5) is 0 Å². The number of unbranched alkanes of at least 4 members (excludes halogenated alkanes) is 1. The van der Waals surface area contributed by atoms with E-state index in [2.05, 4.69) is 10.3 Å². The molecule has 1 aromatic heterocycles. The molecule has 0 aliphatic carbocycles. The molecule has 5 nitrogen and oxygen atoms in total. The van der Waals surface area contributed by atoms with E-state index in [1.54, 1.807) is 6.20 Å². The van der Waals surface area contributed by atoms with Gasteiger partial charge in [-0.05, 0) is 33.2 Å². The fourth-order valence-electron chi connectivity index (χ4n) is 1.46. The molecule has 1 N–H and O–H groups in total. The number of esters is 1. The summed E-state index contributed by atoms with van der Waals surface area (Å²) in [4.78, 5) is 15.1. The summed E-state index contributed by atoms with van der Waals surface area (Å²) in [7, 11) is 0. The molecular formula is C12H21N3O2. The van der Waals surface area contributed by atoms with Crippen LogP contribution in [0.25, 0.3) is 0 Å². The van der Waals surface area contributed by atoms with Crippen LogP contribution in [0.15, 0.2) is 18.7 Å². The number of nitrogens with one attached hydrogen (secondary N) is 1. The number of carbonyl (C=O) groups excluding carboxylic acids is 1. The summed E-state index contributed by atoms with van der Waals surface area (Å²) in [6.45, 7) is 5.80. The van der Waals surface area contributed by atoms with Crippen LogP contribution in [-0.2, 0) is 16.1 Å². The van der Waals surface area contributed by atoms with Gasteiger partial charge < -0.3 is 14.6 Å². The standard InChI is InChI=1S/C12H21N3O2/c1-11(2)17-12(16)9-13-5-3-4-7-15-8-6-14-10-15/h6,8,10-11,13H,3-5,7,9H2,1-2H3. The van der Waals surface area contributed by atoms with E-state index in [9.17, 15) is 4.79 Å². The minimum atomic E-state index is -0.186. The fraction of sp³-hybridized carbons (Fsp3) is 0.667. The lowest BCUT2D eigenvalue weighted by Crippen LogP contribution is -2.27. The lowest BCUT2D eigenvalue weighted by molar-refractivity contribution is -0.146. The maximum absolute atomic E-state index is 11.2. The van der Waals surface area contributed by atoms with Crippen molar-refractivity contribution in [1.82, 2.24) is 14.9 Å². The Morgan fingerprint density at radius 3 is 2.94 bits per heavy atom. The third kappa shape index (κ3) is 6.73. The average Bonchev–Trinajstić information content (AvgIpc) is 2.75. The summed E-state index contributed by atoms with van der Waals surface area (Å²) < 4.78 is 7.05. The molecule has 0 aliphatic rings. The Bertz CT molecular complexity index is 310. The molecule has 1 heterocycles. The zero-order chi connectivity index (χ0) is 12.5. The number of hydrogen-bond donors (Lipinski definition) is 1. The minimum absolute atomic E-state index is 0.0365. The van der Waals surface area contributed by atoms with Gasteiger partial charge in [0.05, 0.1) is 19.0 Å². The highest BCUT2D eigenvalue weighted by Gasteiger charge is 2.03. The lowest BCUT2D eigenvalue weighted by Gasteiger charge is -2.08. The highest BCUT2D eigenvalue weighted by atomic mass is 16.5. The van der Waals surface area contributed by atoms with Gasteiger partial charge in [-0.3, -0.25) is 4.79 Å². The number of aryl methyl sites for hydroxylation is 1. The Balaban J connectivity index is 1.92. The molecule has 0 spiro atoms. The van der Waals surface area contributed by atoms with Crippen LogP contribution in [0, 0.1) is 0 Å². The van der Waals surface area contributed by atoms with E-state index >= 15 is 0 Å². The number of rotatable bonds is 8. The van der Waals surface area contributed by atoms with Crippen LogP contribution >= 0.6 is 0 Å². The van der Waals surface area contributed by atoms with Crippen molar-refractivity contribution in [3.63, 3.8) is 0 Å². The molecule has 0 atom stereocenters. The zero-order valence-electron chi connectivity index (χ0n) is 10.6. The van der Waals surface area contributed by atoms with E-state index in [1.807, 2.05) is 30.9 Å². The molecular weight excluding hydrogens is 218 g/mol. The van der Waals surface area contributed by atoms with Crippen molar-refractivity contribution in [3.8, 4) is 0 Å². The summed E-state index contributed by atoms with van der Waals surface area (Å²) in [5.41, 5.74) is 0. The van der Waals surface area contributed by atoms with Crippen LogP contribution < -0.4 is 5.32 Å². The number of nitrogens with zero attached hydrogens (tertiary/aromatic N) is 2. The summed E-state index contributed by atoms with van der Waals surface area (Å²) in [5.74, 6) is -0.186. The number of aromatic nitrogens is 2. The van der Waals surface area contributed by atoms with Crippen molar-refractivity contribution in [1.29, 1.82) is 0 Å². The third-order valence-corrected chi connectivity index (χ3v) is 2.22. The topological polar surface area (TPSA) is 56.1 Å². The first-order chi connectivity index (χ1) is 8.18. The predicted octanol–water partition coefficient (Wildman–Crippen LogP) is 1.20. The zero-order valence-corrected chi connectivity index (χ0v) is 10.6. The fourth-order valence-corrected chi connectivity index (χ4v) is 1.46. The van der Waals surface area contributed by atoms with Gasteiger partial charge in [-0.25, -0.2) is 4.98 Å². The summed E-state index contributed by atoms with van der Waals surface area (Å²) in [6, 6.07) is 0. The number of ether oxygens (including phenoxy) is 1. The lowest BCUT2D eigenvalue weighted by atomic mass is 10.3. The van der Waals surface area contributed by atoms with Gasteiger partial charge in [0.15, 0.2) is 0 Å². The molecule has 0 saturated carbocycles. The molecule has 0 aliphatic heterocycles. The van der Waals surface area contributed by atoms with Gasteiger partial charge in [-0.1, -0.05) is 0 Å². The molecule has 0 unspecified atom stereocenters. The largest absolute Gasteiger partial charge is 0.462 e. The molecule has 0 bridgehead atoms. The first-order valence-corrected chi connectivity index (χ1v) is 6.04. The average molecular weight is 239 g/mol. The van der Waals surface area contributed by atoms with Gasteiger partial charge in [0.2, 0.25) is 0 Å². The van der Waals surface area contributed by atoms with Gasteiger partial charge in [0, 0.05) is 18.9 Å². The SMILES string of the molecule is CC(C)OC(=O)CNCCCCn1ccnc1. The summed E-state index contributed by atoms with van der Waals surface area (Å²) in [6.07, 6.45) is 7.61. The molecule has 17 heavy (non-hydrogen) atoms. The van der Waals surface area contributed by atoms with Crippen LogP contribution in [0.2, 0.25) is 0 Å². The Labute approximate surface area is 102 Å². The van der Waals surface area contributed by atoms with Crippen molar-refractivity contribution in [2.45, 2.75) is 39.3 Å². The van der Waals surface area contributed by atoms with Gasteiger partial charge in [0.1, 0.15) is 0 Å². The van der Waals surface area contributed by atoms with E-state index in [1.165, 1.54) is 0 Å². The van der Waals surface area contributed by atoms with Crippen LogP contribution in [0.5, 0.6) is 0 Å². The Kier molecular flexibility index (Phi) is 6.32. The van der Waals surface area contributed by atoms with Crippen molar-refractivity contribution in [2.75, 3.05) is 13.1 Å². The molecule has 96 valence electrons. The predicted molar refractivity (Wildman–Crippen MR) is 65.6 cm³/mol. The second-order valence-electron chi connectivity index (χ2n) is 4.22. The molecule has 0 radical (unpaired) electrons. The molecule has 5 heteroatoms. The van der Waals surface area contributed by atoms with Crippen molar-refractivity contribution < 1.29 is 9.53 Å². The first-order valence-electron chi connectivity index (χ1n) is 6.04. The van der Waals surface area contributed by atoms with E-state index in [0.717, 1.165) is 25.9 Å². The Hall–Kier alpha value is -1.36. The number of carbonyl (C=O) groups is 1. The second-order valence-corrected chi connectivity index (χ2v) is 4.22. The minimum Gasteiger partial charge on any atom is -0.462 e. The van der Waals surface area contributed by atoms with Crippen LogP contribution in [0.1, 0.15) is 26.7 Å². The van der Waals surface area contributed by atoms with Gasteiger partial charge in [-0.2, -0.15) is 0 Å². The van der Waals surface area contributed by atoms with Crippen LogP contribution in [0.3, 0.4) is 0 Å².